The Kier molecular flexibility index (Phi) is 3.15. The van der Waals surface area contributed by atoms with E-state index < -0.39 is 0 Å². The fraction of sp³-hybridized carbons (Fsp3) is 0.333. The summed E-state index contributed by atoms with van der Waals surface area (Å²) in [7, 11) is 0. The summed E-state index contributed by atoms with van der Waals surface area (Å²) < 4.78 is 2.18. The first-order valence-corrected chi connectivity index (χ1v) is 7.46. The zero-order valence-electron chi connectivity index (χ0n) is 10.3. The van der Waals surface area contributed by atoms with Crippen molar-refractivity contribution < 1.29 is 0 Å². The second-order valence-corrected chi connectivity index (χ2v) is 6.36. The molecule has 0 aliphatic heterocycles. The lowest BCUT2D eigenvalue weighted by molar-refractivity contribution is 0.670. The molecule has 4 nitrogen and oxygen atoms in total. The second-order valence-electron chi connectivity index (χ2n) is 4.17. The van der Waals surface area contributed by atoms with Crippen LogP contribution in [-0.4, -0.2) is 14.4 Å². The Hall–Kier alpha value is -1.24. The maximum absolute atomic E-state index is 4.58. The molecule has 3 heterocycles. The molecule has 0 atom stereocenters. The SMILES string of the molecule is Cc1cn2c(CNCc3nccs3)c(C)nc2s1. The zero-order valence-corrected chi connectivity index (χ0v) is 11.9. The number of aryl methyl sites for hydroxylation is 2. The fourth-order valence-corrected chi connectivity index (χ4v) is 3.43. The van der Waals surface area contributed by atoms with E-state index in [9.17, 15) is 0 Å². The van der Waals surface area contributed by atoms with E-state index in [-0.39, 0.29) is 0 Å². The van der Waals surface area contributed by atoms with E-state index in [1.165, 1.54) is 10.6 Å². The number of imidazole rings is 1. The maximum Gasteiger partial charge on any atom is 0.194 e. The Balaban J connectivity index is 1.75. The van der Waals surface area contributed by atoms with Gasteiger partial charge in [-0.25, -0.2) is 9.97 Å². The van der Waals surface area contributed by atoms with E-state index in [2.05, 4.69) is 39.7 Å². The van der Waals surface area contributed by atoms with Crippen molar-refractivity contribution >= 4 is 27.6 Å². The summed E-state index contributed by atoms with van der Waals surface area (Å²) in [5.41, 5.74) is 2.35. The Morgan fingerprint density at radius 2 is 2.22 bits per heavy atom. The lowest BCUT2D eigenvalue weighted by Gasteiger charge is -2.03. The van der Waals surface area contributed by atoms with E-state index in [0.29, 0.717) is 0 Å². The van der Waals surface area contributed by atoms with Crippen LogP contribution >= 0.6 is 22.7 Å². The van der Waals surface area contributed by atoms with Crippen LogP contribution in [0.5, 0.6) is 0 Å². The molecule has 0 radical (unpaired) electrons. The van der Waals surface area contributed by atoms with Gasteiger partial charge in [-0.1, -0.05) is 0 Å². The summed E-state index contributed by atoms with van der Waals surface area (Å²) in [6.07, 6.45) is 3.99. The molecule has 0 aliphatic carbocycles. The third kappa shape index (κ3) is 2.19. The van der Waals surface area contributed by atoms with Crippen LogP contribution in [0, 0.1) is 13.8 Å². The monoisotopic (exact) mass is 278 g/mol. The summed E-state index contributed by atoms with van der Waals surface area (Å²) in [4.78, 5) is 11.2. The molecule has 0 unspecified atom stereocenters. The highest BCUT2D eigenvalue weighted by Crippen LogP contribution is 2.20. The van der Waals surface area contributed by atoms with E-state index in [1.54, 1.807) is 22.7 Å². The fourth-order valence-electron chi connectivity index (χ4n) is 1.95. The largest absolute Gasteiger partial charge is 0.305 e. The van der Waals surface area contributed by atoms with Crippen molar-refractivity contribution in [3.05, 3.63) is 39.0 Å². The highest BCUT2D eigenvalue weighted by atomic mass is 32.1. The van der Waals surface area contributed by atoms with Gasteiger partial charge in [-0.15, -0.1) is 22.7 Å². The summed E-state index contributed by atoms with van der Waals surface area (Å²) in [5.74, 6) is 0. The van der Waals surface area contributed by atoms with Gasteiger partial charge in [0.1, 0.15) is 5.01 Å². The number of fused-ring (bicyclic) bond motifs is 1. The van der Waals surface area contributed by atoms with Gasteiger partial charge >= 0.3 is 0 Å². The lowest BCUT2D eigenvalue weighted by Crippen LogP contribution is -2.14. The third-order valence-electron chi connectivity index (χ3n) is 2.79. The van der Waals surface area contributed by atoms with Crippen LogP contribution in [0.1, 0.15) is 21.3 Å². The molecule has 0 spiro atoms. The first-order valence-electron chi connectivity index (χ1n) is 5.77. The Morgan fingerprint density at radius 1 is 1.33 bits per heavy atom. The number of thiazole rings is 2. The number of nitrogens with one attached hydrogen (secondary N) is 1. The topological polar surface area (TPSA) is 42.2 Å². The number of hydrogen-bond donors (Lipinski definition) is 1. The number of hydrogen-bond acceptors (Lipinski definition) is 5. The van der Waals surface area contributed by atoms with Crippen LogP contribution in [0.4, 0.5) is 0 Å². The normalized spacial score (nSPS) is 11.4. The van der Waals surface area contributed by atoms with Gasteiger partial charge in [0.05, 0.1) is 11.4 Å². The minimum Gasteiger partial charge on any atom is -0.305 e. The van der Waals surface area contributed by atoms with Crippen LogP contribution in [-0.2, 0) is 13.1 Å². The molecule has 0 fully saturated rings. The quantitative estimate of drug-likeness (QED) is 0.798. The summed E-state index contributed by atoms with van der Waals surface area (Å²) in [5, 5.41) is 6.55. The molecule has 0 saturated carbocycles. The van der Waals surface area contributed by atoms with Gasteiger partial charge in [0, 0.05) is 35.7 Å². The molecule has 3 aromatic rings. The lowest BCUT2D eigenvalue weighted by atomic mass is 10.3. The summed E-state index contributed by atoms with van der Waals surface area (Å²) in [6, 6.07) is 0. The van der Waals surface area contributed by atoms with Crippen LogP contribution in [0.25, 0.3) is 4.96 Å². The smallest absolute Gasteiger partial charge is 0.194 e. The molecule has 1 N–H and O–H groups in total. The second kappa shape index (κ2) is 4.79. The van der Waals surface area contributed by atoms with Crippen molar-refractivity contribution in [1.29, 1.82) is 0 Å². The maximum atomic E-state index is 4.58. The minimum atomic E-state index is 0.813. The number of rotatable bonds is 4. The molecule has 0 aliphatic rings. The van der Waals surface area contributed by atoms with Crippen LogP contribution < -0.4 is 5.32 Å². The third-order valence-corrected chi connectivity index (χ3v) is 4.47. The molecular weight excluding hydrogens is 264 g/mol. The molecule has 0 amide bonds. The van der Waals surface area contributed by atoms with E-state index in [0.717, 1.165) is 28.8 Å². The van der Waals surface area contributed by atoms with Crippen molar-refractivity contribution in [2.45, 2.75) is 26.9 Å². The first kappa shape index (κ1) is 11.8. The van der Waals surface area contributed by atoms with Gasteiger partial charge in [-0.2, -0.15) is 0 Å². The van der Waals surface area contributed by atoms with Gasteiger partial charge in [-0.3, -0.25) is 4.40 Å². The van der Waals surface area contributed by atoms with Crippen molar-refractivity contribution in [3.8, 4) is 0 Å². The predicted octanol–water partition coefficient (Wildman–Crippen LogP) is 2.76. The molecule has 0 aromatic carbocycles. The average Bonchev–Trinajstić information content (AvgIpc) is 2.99. The van der Waals surface area contributed by atoms with E-state index in [4.69, 9.17) is 0 Å². The minimum absolute atomic E-state index is 0.813. The molecule has 3 aromatic heterocycles. The van der Waals surface area contributed by atoms with Crippen molar-refractivity contribution in [1.82, 2.24) is 19.7 Å². The van der Waals surface area contributed by atoms with Crippen molar-refractivity contribution in [2.24, 2.45) is 0 Å². The van der Waals surface area contributed by atoms with Gasteiger partial charge in [0.15, 0.2) is 4.96 Å². The van der Waals surface area contributed by atoms with E-state index in [1.807, 2.05) is 11.6 Å². The Morgan fingerprint density at radius 3 is 3.00 bits per heavy atom. The molecular formula is C12H14N4S2. The van der Waals surface area contributed by atoms with Gasteiger partial charge in [0.2, 0.25) is 0 Å². The number of aromatic nitrogens is 3. The van der Waals surface area contributed by atoms with Gasteiger partial charge in [-0.05, 0) is 13.8 Å². The van der Waals surface area contributed by atoms with E-state index >= 15 is 0 Å². The molecule has 6 heteroatoms. The molecule has 0 saturated heterocycles. The standard InChI is InChI=1S/C12H14N4S2/c1-8-7-16-10(9(2)15-12(16)18-8)5-13-6-11-14-3-4-17-11/h3-4,7,13H,5-6H2,1-2H3. The van der Waals surface area contributed by atoms with Crippen molar-refractivity contribution in [3.63, 3.8) is 0 Å². The molecule has 0 bridgehead atoms. The Labute approximate surface area is 113 Å². The molecule has 3 rings (SSSR count). The summed E-state index contributed by atoms with van der Waals surface area (Å²) >= 11 is 3.41. The predicted molar refractivity (Wildman–Crippen MR) is 75.2 cm³/mol. The number of nitrogens with zero attached hydrogens (tertiary/aromatic N) is 3. The zero-order chi connectivity index (χ0) is 12.5. The average molecular weight is 278 g/mol. The van der Waals surface area contributed by atoms with Crippen LogP contribution in [0.3, 0.4) is 0 Å². The highest BCUT2D eigenvalue weighted by Gasteiger charge is 2.10. The van der Waals surface area contributed by atoms with Crippen molar-refractivity contribution in [2.75, 3.05) is 0 Å². The first-order chi connectivity index (χ1) is 8.74. The van der Waals surface area contributed by atoms with Crippen LogP contribution in [0.15, 0.2) is 17.8 Å². The Bertz CT molecular complexity index is 651. The molecule has 94 valence electrons. The van der Waals surface area contributed by atoms with Gasteiger partial charge in [0.25, 0.3) is 0 Å². The summed E-state index contributed by atoms with van der Waals surface area (Å²) in [6.45, 7) is 5.81. The van der Waals surface area contributed by atoms with Crippen LogP contribution in [0.2, 0.25) is 0 Å². The molecule has 18 heavy (non-hydrogen) atoms. The van der Waals surface area contributed by atoms with Gasteiger partial charge < -0.3 is 5.32 Å². The highest BCUT2D eigenvalue weighted by molar-refractivity contribution is 7.17.